The van der Waals surface area contributed by atoms with E-state index in [0.717, 1.165) is 26.7 Å². The second-order valence-corrected chi connectivity index (χ2v) is 8.35. The smallest absolute Gasteiger partial charge is 0.255 e. The van der Waals surface area contributed by atoms with Gasteiger partial charge in [-0.2, -0.15) is 0 Å². The van der Waals surface area contributed by atoms with E-state index in [1.54, 1.807) is 6.07 Å². The van der Waals surface area contributed by atoms with Crippen LogP contribution in [-0.2, 0) is 0 Å². The number of hydrogen-bond acceptors (Lipinski definition) is 3. The molecule has 0 radical (unpaired) electrons. The van der Waals surface area contributed by atoms with Crippen molar-refractivity contribution in [3.63, 3.8) is 0 Å². The van der Waals surface area contributed by atoms with Crippen LogP contribution in [0.15, 0.2) is 71.1 Å². The van der Waals surface area contributed by atoms with Crippen LogP contribution in [0.4, 0.5) is 5.69 Å². The van der Waals surface area contributed by atoms with E-state index in [1.165, 1.54) is 5.56 Å². The van der Waals surface area contributed by atoms with E-state index in [1.807, 2.05) is 48.5 Å². The Morgan fingerprint density at radius 2 is 1.93 bits per heavy atom. The Morgan fingerprint density at radius 1 is 1.10 bits per heavy atom. The van der Waals surface area contributed by atoms with E-state index in [2.05, 4.69) is 58.9 Å². The summed E-state index contributed by atoms with van der Waals surface area (Å²) in [6.07, 6.45) is 1.08. The third-order valence-electron chi connectivity index (χ3n) is 5.05. The topological polar surface area (TPSA) is 55.1 Å². The number of hydrogen-bond donors (Lipinski definition) is 1. The zero-order valence-corrected chi connectivity index (χ0v) is 18.4. The number of carbonyl (C=O) groups excluding carboxylic acids is 1. The number of anilines is 1. The molecule has 29 heavy (non-hydrogen) atoms. The third-order valence-corrected chi connectivity index (χ3v) is 5.72. The zero-order valence-electron chi connectivity index (χ0n) is 16.3. The molecular weight excluding hydrogens is 475 g/mol. The molecule has 5 heteroatoms. The summed E-state index contributed by atoms with van der Waals surface area (Å²) in [5, 5.41) is 2.95. The predicted octanol–water partition coefficient (Wildman–Crippen LogP) is 6.87. The standard InChI is InChI=1S/C24H21IN2O2/c1-3-15(2)16-10-11-22-21(14-16)27-24(29-22)18-7-5-9-20(13-18)26-23(28)17-6-4-8-19(25)12-17/h4-15H,3H2,1-2H3,(H,26,28). The Morgan fingerprint density at radius 3 is 2.72 bits per heavy atom. The molecule has 4 aromatic rings. The van der Waals surface area contributed by atoms with Crippen LogP contribution in [-0.4, -0.2) is 10.9 Å². The van der Waals surface area contributed by atoms with Crippen molar-refractivity contribution in [2.45, 2.75) is 26.2 Å². The molecular formula is C24H21IN2O2. The van der Waals surface area contributed by atoms with Crippen LogP contribution in [0.3, 0.4) is 0 Å². The zero-order chi connectivity index (χ0) is 20.4. The Kier molecular flexibility index (Phi) is 5.67. The van der Waals surface area contributed by atoms with Crippen molar-refractivity contribution in [2.24, 2.45) is 0 Å². The lowest BCUT2D eigenvalue weighted by Gasteiger charge is -2.07. The molecule has 1 atom stereocenters. The van der Waals surface area contributed by atoms with Crippen molar-refractivity contribution < 1.29 is 9.21 Å². The summed E-state index contributed by atoms with van der Waals surface area (Å²) in [4.78, 5) is 17.2. The molecule has 3 aromatic carbocycles. The van der Waals surface area contributed by atoms with Gasteiger partial charge in [0.1, 0.15) is 5.52 Å². The van der Waals surface area contributed by atoms with Crippen LogP contribution in [0.5, 0.6) is 0 Å². The van der Waals surface area contributed by atoms with E-state index in [-0.39, 0.29) is 5.91 Å². The molecule has 0 bridgehead atoms. The molecule has 0 saturated heterocycles. The van der Waals surface area contributed by atoms with Crippen LogP contribution < -0.4 is 5.32 Å². The highest BCUT2D eigenvalue weighted by Crippen LogP contribution is 2.29. The van der Waals surface area contributed by atoms with Gasteiger partial charge in [0.2, 0.25) is 5.89 Å². The van der Waals surface area contributed by atoms with Crippen molar-refractivity contribution in [3.05, 3.63) is 81.4 Å². The number of rotatable bonds is 5. The summed E-state index contributed by atoms with van der Waals surface area (Å²) in [6.45, 7) is 4.39. The average molecular weight is 496 g/mol. The van der Waals surface area contributed by atoms with Crippen LogP contribution in [0, 0.1) is 3.57 Å². The van der Waals surface area contributed by atoms with Crippen molar-refractivity contribution in [1.29, 1.82) is 0 Å². The molecule has 1 amide bonds. The van der Waals surface area contributed by atoms with Crippen LogP contribution in [0.1, 0.15) is 42.1 Å². The molecule has 0 fully saturated rings. The first-order valence-electron chi connectivity index (χ1n) is 9.61. The van der Waals surface area contributed by atoms with Gasteiger partial charge in [0, 0.05) is 20.4 Å². The summed E-state index contributed by atoms with van der Waals surface area (Å²) in [5.74, 6) is 0.891. The van der Waals surface area contributed by atoms with Gasteiger partial charge in [0.25, 0.3) is 5.91 Å². The summed E-state index contributed by atoms with van der Waals surface area (Å²) in [6, 6.07) is 21.2. The average Bonchev–Trinajstić information content (AvgIpc) is 3.17. The van der Waals surface area contributed by atoms with Gasteiger partial charge in [-0.05, 0) is 89.0 Å². The first-order valence-corrected chi connectivity index (χ1v) is 10.7. The van der Waals surface area contributed by atoms with Crippen LogP contribution >= 0.6 is 22.6 Å². The lowest BCUT2D eigenvalue weighted by Crippen LogP contribution is -2.11. The molecule has 1 aromatic heterocycles. The number of carbonyl (C=O) groups is 1. The van der Waals surface area contributed by atoms with Crippen LogP contribution in [0.25, 0.3) is 22.6 Å². The van der Waals surface area contributed by atoms with E-state index < -0.39 is 0 Å². The lowest BCUT2D eigenvalue weighted by molar-refractivity contribution is 0.102. The van der Waals surface area contributed by atoms with Crippen molar-refractivity contribution in [2.75, 3.05) is 5.32 Å². The number of fused-ring (bicyclic) bond motifs is 1. The lowest BCUT2D eigenvalue weighted by atomic mass is 9.98. The molecule has 4 nitrogen and oxygen atoms in total. The number of nitrogens with zero attached hydrogens (tertiary/aromatic N) is 1. The van der Waals surface area contributed by atoms with Gasteiger partial charge in [0.15, 0.2) is 5.58 Å². The quantitative estimate of drug-likeness (QED) is 0.307. The van der Waals surface area contributed by atoms with E-state index in [9.17, 15) is 4.79 Å². The second kappa shape index (κ2) is 8.37. The minimum Gasteiger partial charge on any atom is -0.436 e. The van der Waals surface area contributed by atoms with E-state index in [4.69, 9.17) is 4.42 Å². The number of benzene rings is 3. The minimum atomic E-state index is -0.142. The molecule has 1 N–H and O–H groups in total. The molecule has 1 unspecified atom stereocenters. The minimum absolute atomic E-state index is 0.142. The summed E-state index contributed by atoms with van der Waals surface area (Å²) >= 11 is 2.20. The Balaban J connectivity index is 1.60. The number of oxazole rings is 1. The Labute approximate surface area is 183 Å². The van der Waals surface area contributed by atoms with E-state index >= 15 is 0 Å². The largest absolute Gasteiger partial charge is 0.436 e. The van der Waals surface area contributed by atoms with Crippen molar-refractivity contribution in [3.8, 4) is 11.5 Å². The molecule has 0 spiro atoms. The van der Waals surface area contributed by atoms with Gasteiger partial charge in [-0.25, -0.2) is 4.98 Å². The number of halogens is 1. The van der Waals surface area contributed by atoms with E-state index in [0.29, 0.717) is 23.1 Å². The fourth-order valence-corrected chi connectivity index (χ4v) is 3.72. The maximum Gasteiger partial charge on any atom is 0.255 e. The number of aromatic nitrogens is 1. The highest BCUT2D eigenvalue weighted by molar-refractivity contribution is 14.1. The Hall–Kier alpha value is -2.67. The van der Waals surface area contributed by atoms with Gasteiger partial charge in [-0.1, -0.05) is 32.0 Å². The molecule has 0 saturated carbocycles. The maximum absolute atomic E-state index is 12.5. The molecule has 1 heterocycles. The first kappa shape index (κ1) is 19.6. The fourth-order valence-electron chi connectivity index (χ4n) is 3.17. The number of nitrogens with one attached hydrogen (secondary N) is 1. The van der Waals surface area contributed by atoms with Crippen molar-refractivity contribution in [1.82, 2.24) is 4.98 Å². The summed E-state index contributed by atoms with van der Waals surface area (Å²) < 4.78 is 6.98. The van der Waals surface area contributed by atoms with Gasteiger partial charge in [-0.15, -0.1) is 0 Å². The molecule has 4 rings (SSSR count). The normalized spacial score (nSPS) is 12.1. The van der Waals surface area contributed by atoms with Gasteiger partial charge < -0.3 is 9.73 Å². The van der Waals surface area contributed by atoms with Gasteiger partial charge in [0.05, 0.1) is 0 Å². The second-order valence-electron chi connectivity index (χ2n) is 7.10. The fraction of sp³-hybridized carbons (Fsp3) is 0.167. The third kappa shape index (κ3) is 4.34. The molecule has 0 aliphatic heterocycles. The summed E-state index contributed by atoms with van der Waals surface area (Å²) in [5.41, 5.74) is 5.03. The van der Waals surface area contributed by atoms with Gasteiger partial charge in [-0.3, -0.25) is 4.79 Å². The highest BCUT2D eigenvalue weighted by atomic mass is 127. The van der Waals surface area contributed by atoms with Gasteiger partial charge >= 0.3 is 0 Å². The van der Waals surface area contributed by atoms with Crippen LogP contribution in [0.2, 0.25) is 0 Å². The Bertz CT molecular complexity index is 1180. The molecule has 146 valence electrons. The summed E-state index contributed by atoms with van der Waals surface area (Å²) in [7, 11) is 0. The number of amides is 1. The first-order chi connectivity index (χ1) is 14.0. The monoisotopic (exact) mass is 496 g/mol. The molecule has 0 aliphatic carbocycles. The highest BCUT2D eigenvalue weighted by Gasteiger charge is 2.12. The maximum atomic E-state index is 12.5. The SMILES string of the molecule is CCC(C)c1ccc2oc(-c3cccc(NC(=O)c4cccc(I)c4)c3)nc2c1. The predicted molar refractivity (Wildman–Crippen MR) is 125 cm³/mol. The molecule has 0 aliphatic rings. The van der Waals surface area contributed by atoms with Crippen molar-refractivity contribution >= 4 is 45.3 Å².